The number of nitrogens with zero attached hydrogens (tertiary/aromatic N) is 2. The van der Waals surface area contributed by atoms with Crippen molar-refractivity contribution in [1.29, 1.82) is 0 Å². The predicted octanol–water partition coefficient (Wildman–Crippen LogP) is 5.07. The van der Waals surface area contributed by atoms with Crippen LogP contribution in [0.5, 0.6) is 0 Å². The van der Waals surface area contributed by atoms with Crippen molar-refractivity contribution in [3.8, 4) is 0 Å². The zero-order chi connectivity index (χ0) is 18.1. The van der Waals surface area contributed by atoms with Crippen LogP contribution in [0, 0.1) is 0 Å². The molecule has 1 unspecified atom stereocenters. The van der Waals surface area contributed by atoms with E-state index in [0.29, 0.717) is 16.4 Å². The fraction of sp³-hybridized carbons (Fsp3) is 0.143. The van der Waals surface area contributed by atoms with Crippen LogP contribution >= 0.6 is 11.6 Å². The minimum absolute atomic E-state index is 0.0698. The summed E-state index contributed by atoms with van der Waals surface area (Å²) in [6.45, 7) is 2.12. The lowest BCUT2D eigenvalue weighted by Crippen LogP contribution is -2.32. The van der Waals surface area contributed by atoms with Crippen LogP contribution in [-0.2, 0) is 6.42 Å². The molecule has 1 atom stereocenters. The van der Waals surface area contributed by atoms with Gasteiger partial charge in [-0.1, -0.05) is 48.9 Å². The zero-order valence-electron chi connectivity index (χ0n) is 14.3. The number of hydrogen-bond acceptors (Lipinski definition) is 3. The Morgan fingerprint density at radius 2 is 1.96 bits per heavy atom. The molecule has 4 rings (SSSR count). The van der Waals surface area contributed by atoms with Crippen molar-refractivity contribution in [3.05, 3.63) is 88.6 Å². The fourth-order valence-corrected chi connectivity index (χ4v) is 3.36. The van der Waals surface area contributed by atoms with Gasteiger partial charge in [0.15, 0.2) is 0 Å². The van der Waals surface area contributed by atoms with Crippen LogP contribution < -0.4 is 10.2 Å². The summed E-state index contributed by atoms with van der Waals surface area (Å²) in [5.41, 5.74) is 3.84. The molecule has 26 heavy (non-hydrogen) atoms. The Balaban J connectivity index is 1.76. The van der Waals surface area contributed by atoms with E-state index in [1.165, 1.54) is 5.56 Å². The largest absolute Gasteiger partial charge is 0.361 e. The third kappa shape index (κ3) is 2.93. The van der Waals surface area contributed by atoms with Crippen LogP contribution in [0.1, 0.15) is 34.6 Å². The summed E-state index contributed by atoms with van der Waals surface area (Å²) >= 11 is 5.96. The van der Waals surface area contributed by atoms with E-state index in [2.05, 4.69) is 29.4 Å². The van der Waals surface area contributed by atoms with Gasteiger partial charge in [0.1, 0.15) is 12.0 Å². The molecule has 0 spiro atoms. The van der Waals surface area contributed by atoms with Gasteiger partial charge >= 0.3 is 0 Å². The van der Waals surface area contributed by atoms with E-state index in [1.54, 1.807) is 23.2 Å². The van der Waals surface area contributed by atoms with Crippen LogP contribution in [0.15, 0.2) is 66.9 Å². The quantitative estimate of drug-likeness (QED) is 0.704. The monoisotopic (exact) mass is 363 g/mol. The normalized spacial score (nSPS) is 15.8. The van der Waals surface area contributed by atoms with Crippen LogP contribution in [-0.4, -0.2) is 10.9 Å². The SMILES string of the molecule is CCc1cccc(NC2c3ccccc3C(=O)N2c2ccc(Cl)cn2)c1. The fourth-order valence-electron chi connectivity index (χ4n) is 3.24. The number of anilines is 2. The Bertz CT molecular complexity index is 955. The number of benzene rings is 2. The molecular formula is C21H18ClN3O. The molecule has 0 radical (unpaired) electrons. The maximum absolute atomic E-state index is 13.0. The number of amides is 1. The van der Waals surface area contributed by atoms with E-state index in [1.807, 2.05) is 36.4 Å². The number of aromatic nitrogens is 1. The molecule has 3 aromatic rings. The van der Waals surface area contributed by atoms with Crippen molar-refractivity contribution in [2.24, 2.45) is 0 Å². The van der Waals surface area contributed by atoms with E-state index in [4.69, 9.17) is 11.6 Å². The van der Waals surface area contributed by atoms with Crippen molar-refractivity contribution >= 4 is 29.0 Å². The second kappa shape index (κ2) is 6.81. The summed E-state index contributed by atoms with van der Waals surface area (Å²) in [7, 11) is 0. The Kier molecular flexibility index (Phi) is 4.35. The molecule has 0 saturated heterocycles. The summed E-state index contributed by atoms with van der Waals surface area (Å²) in [5.74, 6) is 0.499. The number of rotatable bonds is 4. The Morgan fingerprint density at radius 1 is 1.12 bits per heavy atom. The first-order valence-corrected chi connectivity index (χ1v) is 8.94. The smallest absolute Gasteiger partial charge is 0.261 e. The number of fused-ring (bicyclic) bond motifs is 1. The maximum atomic E-state index is 13.0. The summed E-state index contributed by atoms with van der Waals surface area (Å²) in [6.07, 6.45) is 2.19. The average Bonchev–Trinajstić information content (AvgIpc) is 2.95. The topological polar surface area (TPSA) is 45.2 Å². The van der Waals surface area contributed by atoms with Gasteiger partial charge in [-0.3, -0.25) is 9.69 Å². The minimum atomic E-state index is -0.320. The van der Waals surface area contributed by atoms with E-state index < -0.39 is 0 Å². The van der Waals surface area contributed by atoms with Gasteiger partial charge in [0.25, 0.3) is 5.91 Å². The summed E-state index contributed by atoms with van der Waals surface area (Å²) < 4.78 is 0. The van der Waals surface area contributed by atoms with E-state index >= 15 is 0 Å². The Hall–Kier alpha value is -2.85. The van der Waals surface area contributed by atoms with Gasteiger partial charge in [-0.2, -0.15) is 0 Å². The molecule has 0 aliphatic carbocycles. The molecule has 0 fully saturated rings. The first kappa shape index (κ1) is 16.6. The Morgan fingerprint density at radius 3 is 2.73 bits per heavy atom. The van der Waals surface area contributed by atoms with Gasteiger partial charge in [0.2, 0.25) is 0 Å². The van der Waals surface area contributed by atoms with Gasteiger partial charge in [-0.15, -0.1) is 0 Å². The first-order valence-electron chi connectivity index (χ1n) is 8.57. The highest BCUT2D eigenvalue weighted by Gasteiger charge is 2.38. The van der Waals surface area contributed by atoms with E-state index in [-0.39, 0.29) is 12.1 Å². The number of carbonyl (C=O) groups is 1. The standard InChI is InChI=1S/C21H18ClN3O/c1-2-14-6-5-7-16(12-14)24-20-17-8-3-4-9-18(17)21(26)25(20)19-11-10-15(22)13-23-19/h3-13,20,24H,2H2,1H3. The van der Waals surface area contributed by atoms with E-state index in [9.17, 15) is 4.79 Å². The highest BCUT2D eigenvalue weighted by atomic mass is 35.5. The summed E-state index contributed by atoms with van der Waals surface area (Å²) in [5, 5.41) is 4.04. The highest BCUT2D eigenvalue weighted by Crippen LogP contribution is 2.37. The molecular weight excluding hydrogens is 346 g/mol. The maximum Gasteiger partial charge on any atom is 0.261 e. The molecule has 1 aliphatic rings. The van der Waals surface area contributed by atoms with Crippen LogP contribution in [0.25, 0.3) is 0 Å². The van der Waals surface area contributed by atoms with Gasteiger partial charge < -0.3 is 5.32 Å². The molecule has 1 N–H and O–H groups in total. The summed E-state index contributed by atoms with van der Waals surface area (Å²) in [4.78, 5) is 19.1. The molecule has 0 bridgehead atoms. The van der Waals surface area contributed by atoms with Gasteiger partial charge in [-0.05, 0) is 42.3 Å². The highest BCUT2D eigenvalue weighted by molar-refractivity contribution is 6.30. The molecule has 5 heteroatoms. The molecule has 2 heterocycles. The summed E-state index contributed by atoms with van der Waals surface area (Å²) in [6, 6.07) is 19.4. The van der Waals surface area contributed by atoms with Crippen LogP contribution in [0.4, 0.5) is 11.5 Å². The zero-order valence-corrected chi connectivity index (χ0v) is 15.1. The average molecular weight is 364 g/mol. The number of halogens is 1. The molecule has 1 aromatic heterocycles. The molecule has 0 saturated carbocycles. The number of hydrogen-bond donors (Lipinski definition) is 1. The third-order valence-corrected chi connectivity index (χ3v) is 4.78. The van der Waals surface area contributed by atoms with Crippen molar-refractivity contribution in [3.63, 3.8) is 0 Å². The molecule has 2 aromatic carbocycles. The Labute approximate surface area is 157 Å². The molecule has 130 valence electrons. The third-order valence-electron chi connectivity index (χ3n) is 4.56. The van der Waals surface area contributed by atoms with Gasteiger partial charge in [0.05, 0.1) is 5.02 Å². The molecule has 1 amide bonds. The number of carbonyl (C=O) groups excluding carboxylic acids is 1. The lowest BCUT2D eigenvalue weighted by atomic mass is 10.1. The molecule has 4 nitrogen and oxygen atoms in total. The van der Waals surface area contributed by atoms with Gasteiger partial charge in [-0.25, -0.2) is 4.98 Å². The van der Waals surface area contributed by atoms with Crippen molar-refractivity contribution in [2.45, 2.75) is 19.5 Å². The van der Waals surface area contributed by atoms with Crippen LogP contribution in [0.2, 0.25) is 5.02 Å². The second-order valence-electron chi connectivity index (χ2n) is 6.20. The number of pyridine rings is 1. The van der Waals surface area contributed by atoms with E-state index in [0.717, 1.165) is 17.7 Å². The molecule has 1 aliphatic heterocycles. The predicted molar refractivity (Wildman–Crippen MR) is 105 cm³/mol. The minimum Gasteiger partial charge on any atom is -0.361 e. The van der Waals surface area contributed by atoms with Crippen molar-refractivity contribution in [2.75, 3.05) is 10.2 Å². The van der Waals surface area contributed by atoms with Gasteiger partial charge in [0, 0.05) is 23.0 Å². The lowest BCUT2D eigenvalue weighted by molar-refractivity contribution is 0.0992. The lowest BCUT2D eigenvalue weighted by Gasteiger charge is -2.26. The van der Waals surface area contributed by atoms with Crippen LogP contribution in [0.3, 0.4) is 0 Å². The number of nitrogens with one attached hydrogen (secondary N) is 1. The second-order valence-corrected chi connectivity index (χ2v) is 6.63. The van der Waals surface area contributed by atoms with Crippen molar-refractivity contribution in [1.82, 2.24) is 4.98 Å². The number of aryl methyl sites for hydroxylation is 1. The van der Waals surface area contributed by atoms with Crippen molar-refractivity contribution < 1.29 is 4.79 Å². The first-order chi connectivity index (χ1) is 12.7.